The van der Waals surface area contributed by atoms with Crippen molar-refractivity contribution in [2.24, 2.45) is 5.92 Å². The van der Waals surface area contributed by atoms with E-state index in [2.05, 4.69) is 20.3 Å². The zero-order chi connectivity index (χ0) is 29.4. The van der Waals surface area contributed by atoms with E-state index in [1.54, 1.807) is 10.6 Å². The molecule has 1 saturated heterocycles. The normalized spacial score (nSPS) is 16.7. The summed E-state index contributed by atoms with van der Waals surface area (Å²) in [6, 6.07) is 12.0. The summed E-state index contributed by atoms with van der Waals surface area (Å²) in [5.74, 6) is -0.929. The van der Waals surface area contributed by atoms with Crippen molar-refractivity contribution in [2.45, 2.75) is 26.0 Å². The maximum Gasteiger partial charge on any atom is 0.280 e. The number of hydrogen-bond donors (Lipinski definition) is 1. The molecule has 0 amide bonds. The number of H-pyrrole nitrogens is 1. The number of pyridine rings is 1. The zero-order valence-electron chi connectivity index (χ0n) is 22.1. The average Bonchev–Trinajstić information content (AvgIpc) is 3.69. The van der Waals surface area contributed by atoms with Crippen molar-refractivity contribution in [1.82, 2.24) is 24.9 Å². The molecular weight excluding hydrogens is 575 g/mol. The molecule has 2 aromatic carbocycles. The fraction of sp³-hybridized carbons (Fsp3) is 0.241. The van der Waals surface area contributed by atoms with E-state index < -0.39 is 23.0 Å². The molecular formula is C29H23ClF3N5O4. The Morgan fingerprint density at radius 3 is 2.60 bits per heavy atom. The summed E-state index contributed by atoms with van der Waals surface area (Å²) in [4.78, 5) is 16.0. The maximum absolute atomic E-state index is 15.4. The lowest BCUT2D eigenvalue weighted by molar-refractivity contribution is 0.182. The molecule has 3 aromatic heterocycles. The quantitative estimate of drug-likeness (QED) is 0.243. The van der Waals surface area contributed by atoms with Crippen molar-refractivity contribution >= 4 is 11.6 Å². The lowest BCUT2D eigenvalue weighted by atomic mass is 10.0. The Labute approximate surface area is 241 Å². The number of hydrogen-bond acceptors (Lipinski definition) is 7. The predicted molar refractivity (Wildman–Crippen MR) is 146 cm³/mol. The van der Waals surface area contributed by atoms with Gasteiger partial charge in [-0.05, 0) is 35.9 Å². The van der Waals surface area contributed by atoms with Gasteiger partial charge in [0.25, 0.3) is 5.56 Å². The van der Waals surface area contributed by atoms with E-state index in [-0.39, 0.29) is 69.9 Å². The van der Waals surface area contributed by atoms with Crippen LogP contribution in [0.3, 0.4) is 0 Å². The van der Waals surface area contributed by atoms with Gasteiger partial charge < -0.3 is 18.6 Å². The monoisotopic (exact) mass is 597 g/mol. The van der Waals surface area contributed by atoms with Gasteiger partial charge in [0.15, 0.2) is 0 Å². The zero-order valence-corrected chi connectivity index (χ0v) is 22.9. The van der Waals surface area contributed by atoms with Gasteiger partial charge in [-0.1, -0.05) is 30.7 Å². The molecule has 1 aliphatic rings. The number of aromatic amines is 1. The smallest absolute Gasteiger partial charge is 0.280 e. The average molecular weight is 598 g/mol. The Kier molecular flexibility index (Phi) is 7.56. The van der Waals surface area contributed by atoms with Gasteiger partial charge in [0, 0.05) is 34.6 Å². The number of aromatic nitrogens is 5. The van der Waals surface area contributed by atoms with E-state index in [1.807, 2.05) is 6.92 Å². The minimum Gasteiger partial charge on any atom is -0.473 e. The molecule has 216 valence electrons. The number of benzene rings is 2. The maximum atomic E-state index is 15.4. The van der Waals surface area contributed by atoms with Crippen LogP contribution in [-0.2, 0) is 17.8 Å². The fourth-order valence-electron chi connectivity index (χ4n) is 4.86. The Morgan fingerprint density at radius 2 is 1.86 bits per heavy atom. The van der Waals surface area contributed by atoms with Crippen molar-refractivity contribution in [3.63, 3.8) is 0 Å². The van der Waals surface area contributed by atoms with Crippen molar-refractivity contribution in [3.05, 3.63) is 104 Å². The van der Waals surface area contributed by atoms with Crippen molar-refractivity contribution < 1.29 is 27.2 Å². The van der Waals surface area contributed by atoms with E-state index in [9.17, 15) is 9.18 Å². The van der Waals surface area contributed by atoms with Gasteiger partial charge in [0.1, 0.15) is 29.9 Å². The first-order valence-electron chi connectivity index (χ1n) is 13.0. The van der Waals surface area contributed by atoms with Crippen molar-refractivity contribution in [3.8, 4) is 28.7 Å². The highest BCUT2D eigenvalue weighted by molar-refractivity contribution is 6.30. The van der Waals surface area contributed by atoms with E-state index in [1.165, 1.54) is 36.4 Å². The fourth-order valence-corrected chi connectivity index (χ4v) is 5.02. The van der Waals surface area contributed by atoms with Crippen molar-refractivity contribution in [2.75, 3.05) is 13.2 Å². The van der Waals surface area contributed by atoms with Gasteiger partial charge in [0.05, 0.1) is 31.0 Å². The summed E-state index contributed by atoms with van der Waals surface area (Å²) < 4.78 is 63.1. The minimum atomic E-state index is -0.708. The van der Waals surface area contributed by atoms with Crippen LogP contribution in [0.25, 0.3) is 22.8 Å². The highest BCUT2D eigenvalue weighted by Gasteiger charge is 2.32. The Balaban J connectivity index is 1.27. The molecule has 0 spiro atoms. The van der Waals surface area contributed by atoms with Gasteiger partial charge in [0.2, 0.25) is 17.5 Å². The SMILES string of the molecule is C[C@@H]1COC[C@@H]1n1c(Cc2cc(F)c(-c3cccc(OCc4ccc(Cl)cc4F)n3)cc2F)nnc1-c1cc(=O)[nH]o1. The molecule has 1 N–H and O–H groups in total. The Morgan fingerprint density at radius 1 is 1.02 bits per heavy atom. The third-order valence-electron chi connectivity index (χ3n) is 7.04. The third-order valence-corrected chi connectivity index (χ3v) is 7.28. The summed E-state index contributed by atoms with van der Waals surface area (Å²) in [6.45, 7) is 2.72. The van der Waals surface area contributed by atoms with Crippen LogP contribution in [0.4, 0.5) is 13.2 Å². The molecule has 1 fully saturated rings. The molecule has 5 aromatic rings. The second kappa shape index (κ2) is 11.5. The lowest BCUT2D eigenvalue weighted by Gasteiger charge is -2.19. The molecule has 13 heteroatoms. The number of halogens is 4. The molecule has 0 bridgehead atoms. The summed E-state index contributed by atoms with van der Waals surface area (Å²) in [7, 11) is 0. The first-order valence-corrected chi connectivity index (χ1v) is 13.4. The van der Waals surface area contributed by atoms with Gasteiger partial charge in [-0.2, -0.15) is 5.16 Å². The first kappa shape index (κ1) is 27.7. The molecule has 42 heavy (non-hydrogen) atoms. The molecule has 0 saturated carbocycles. The third kappa shape index (κ3) is 5.55. The van der Waals surface area contributed by atoms with E-state index >= 15 is 8.78 Å². The molecule has 0 unspecified atom stereocenters. The van der Waals surface area contributed by atoms with E-state index in [4.69, 9.17) is 25.6 Å². The summed E-state index contributed by atoms with van der Waals surface area (Å²) in [6.07, 6.45) is -0.0862. The number of nitrogens with one attached hydrogen (secondary N) is 1. The second-order valence-corrected chi connectivity index (χ2v) is 10.4. The number of nitrogens with zero attached hydrogens (tertiary/aromatic N) is 4. The van der Waals surface area contributed by atoms with Crippen LogP contribution < -0.4 is 10.3 Å². The van der Waals surface area contributed by atoms with Crippen LogP contribution in [0, 0.1) is 23.4 Å². The van der Waals surface area contributed by atoms with E-state index in [0.29, 0.717) is 19.0 Å². The molecule has 1 aliphatic heterocycles. The van der Waals surface area contributed by atoms with Gasteiger partial charge in [-0.15, -0.1) is 10.2 Å². The topological polar surface area (TPSA) is 108 Å². The molecule has 4 heterocycles. The van der Waals surface area contributed by atoms with Crippen LogP contribution >= 0.6 is 11.6 Å². The van der Waals surface area contributed by atoms with Crippen LogP contribution in [0.1, 0.15) is 29.9 Å². The highest BCUT2D eigenvalue weighted by atomic mass is 35.5. The molecule has 0 aliphatic carbocycles. The number of rotatable bonds is 8. The summed E-state index contributed by atoms with van der Waals surface area (Å²) in [5, 5.41) is 10.9. The number of ether oxygens (including phenoxy) is 2. The highest BCUT2D eigenvalue weighted by Crippen LogP contribution is 2.33. The minimum absolute atomic E-state index is 0.0455. The lowest BCUT2D eigenvalue weighted by Crippen LogP contribution is -2.19. The van der Waals surface area contributed by atoms with Gasteiger partial charge in [-0.3, -0.25) is 4.79 Å². The van der Waals surface area contributed by atoms with Gasteiger partial charge in [-0.25, -0.2) is 18.2 Å². The van der Waals surface area contributed by atoms with Crippen LogP contribution in [0.2, 0.25) is 5.02 Å². The Bertz CT molecular complexity index is 1820. The van der Waals surface area contributed by atoms with E-state index in [0.717, 1.165) is 12.1 Å². The first-order chi connectivity index (χ1) is 20.3. The summed E-state index contributed by atoms with van der Waals surface area (Å²) >= 11 is 5.79. The molecule has 0 radical (unpaired) electrons. The van der Waals surface area contributed by atoms with Gasteiger partial charge >= 0.3 is 0 Å². The predicted octanol–water partition coefficient (Wildman–Crippen LogP) is 5.74. The second-order valence-electron chi connectivity index (χ2n) is 9.95. The van der Waals surface area contributed by atoms with Crippen LogP contribution in [-0.4, -0.2) is 38.1 Å². The van der Waals surface area contributed by atoms with Crippen LogP contribution in [0.5, 0.6) is 5.88 Å². The van der Waals surface area contributed by atoms with Crippen LogP contribution in [0.15, 0.2) is 63.9 Å². The molecule has 2 atom stereocenters. The standard InChI is InChI=1S/C29H23ClF3N5O4/c1-15-12-40-14-24(15)38-26(35-36-29(38)25-11-27(39)37-42-25)8-17-7-22(33)19(10-21(17)32)23-3-2-4-28(34-23)41-13-16-5-6-18(30)9-20(16)31/h2-7,9-11,15,24H,8,12-14H2,1H3,(H,37,39)/t15-,24+/m1/s1. The molecule has 6 rings (SSSR count). The van der Waals surface area contributed by atoms with Crippen molar-refractivity contribution in [1.29, 1.82) is 0 Å². The largest absolute Gasteiger partial charge is 0.473 e. The molecule has 9 nitrogen and oxygen atoms in total. The summed E-state index contributed by atoms with van der Waals surface area (Å²) in [5.41, 5.74) is -0.0726. The Hall–Kier alpha value is -4.42.